The zero-order chi connectivity index (χ0) is 8.27. The van der Waals surface area contributed by atoms with E-state index in [2.05, 4.69) is 14.9 Å². The molecule has 0 radical (unpaired) electrons. The molecule has 1 heterocycles. The number of carbonyl (C=O) groups is 1. The Labute approximate surface area is 71.5 Å². The first-order valence-electron chi connectivity index (χ1n) is 2.71. The van der Waals surface area contributed by atoms with Crippen molar-refractivity contribution in [1.82, 2.24) is 14.9 Å². The summed E-state index contributed by atoms with van der Waals surface area (Å²) < 4.78 is 3.14. The third kappa shape index (κ3) is 2.72. The van der Waals surface area contributed by atoms with E-state index in [1.54, 1.807) is 0 Å². The lowest BCUT2D eigenvalue weighted by Gasteiger charge is -1.92. The van der Waals surface area contributed by atoms with Crippen LogP contribution in [0.5, 0.6) is 0 Å². The smallest absolute Gasteiger partial charge is 0.227 e. The fourth-order valence-electron chi connectivity index (χ4n) is 0.377. The Kier molecular flexibility index (Phi) is 2.66. The number of nitrogen functional groups attached to an aromatic ring is 1. The molecular formula is C4H6N4OS2. The van der Waals surface area contributed by atoms with Crippen LogP contribution in [-0.4, -0.2) is 16.1 Å². The molecule has 11 heavy (non-hydrogen) atoms. The second-order valence-corrected chi connectivity index (χ2v) is 3.73. The monoisotopic (exact) mass is 190 g/mol. The Balaban J connectivity index is 2.45. The lowest BCUT2D eigenvalue weighted by Crippen LogP contribution is -2.09. The topological polar surface area (TPSA) is 80.9 Å². The molecule has 1 aromatic rings. The van der Waals surface area contributed by atoms with Gasteiger partial charge in [0.2, 0.25) is 11.0 Å². The van der Waals surface area contributed by atoms with Gasteiger partial charge in [0.05, 0.1) is 0 Å². The molecule has 0 unspecified atom stereocenters. The van der Waals surface area contributed by atoms with Crippen molar-refractivity contribution in [2.45, 2.75) is 11.3 Å². The van der Waals surface area contributed by atoms with E-state index in [0.717, 1.165) is 11.9 Å². The van der Waals surface area contributed by atoms with Crippen molar-refractivity contribution >= 4 is 34.3 Å². The summed E-state index contributed by atoms with van der Waals surface area (Å²) in [6.45, 7) is 1.43. The van der Waals surface area contributed by atoms with Crippen LogP contribution in [0.3, 0.4) is 0 Å². The molecule has 0 spiro atoms. The highest BCUT2D eigenvalue weighted by molar-refractivity contribution is 7.99. The molecule has 0 fully saturated rings. The molecule has 0 aliphatic carbocycles. The Morgan fingerprint density at radius 2 is 2.45 bits per heavy atom. The van der Waals surface area contributed by atoms with Crippen LogP contribution in [0.25, 0.3) is 0 Å². The lowest BCUT2D eigenvalue weighted by molar-refractivity contribution is -0.117. The van der Waals surface area contributed by atoms with E-state index in [4.69, 9.17) is 5.73 Å². The summed E-state index contributed by atoms with van der Waals surface area (Å²) in [5.41, 5.74) is 5.30. The van der Waals surface area contributed by atoms with Gasteiger partial charge in [-0.1, -0.05) is 11.3 Å². The zero-order valence-electron chi connectivity index (χ0n) is 5.70. The van der Waals surface area contributed by atoms with Crippen LogP contribution in [0, 0.1) is 0 Å². The summed E-state index contributed by atoms with van der Waals surface area (Å²) >= 11 is 2.35. The number of amides is 1. The molecule has 0 saturated carbocycles. The van der Waals surface area contributed by atoms with E-state index < -0.39 is 0 Å². The molecule has 0 saturated heterocycles. The summed E-state index contributed by atoms with van der Waals surface area (Å²) in [6.07, 6.45) is 0. The third-order valence-electron chi connectivity index (χ3n) is 0.704. The van der Waals surface area contributed by atoms with Gasteiger partial charge >= 0.3 is 0 Å². The van der Waals surface area contributed by atoms with Crippen molar-refractivity contribution in [3.05, 3.63) is 0 Å². The number of carbonyl (C=O) groups excluding carboxylic acids is 1. The summed E-state index contributed by atoms with van der Waals surface area (Å²) in [5, 5.41) is 7.65. The van der Waals surface area contributed by atoms with E-state index in [1.807, 2.05) is 0 Å². The number of nitrogens with one attached hydrogen (secondary N) is 1. The molecule has 0 aromatic carbocycles. The van der Waals surface area contributed by atoms with Gasteiger partial charge < -0.3 is 5.73 Å². The van der Waals surface area contributed by atoms with Crippen LogP contribution < -0.4 is 10.5 Å². The first-order chi connectivity index (χ1) is 5.18. The van der Waals surface area contributed by atoms with E-state index in [9.17, 15) is 4.79 Å². The molecule has 0 aliphatic rings. The second kappa shape index (κ2) is 3.54. The maximum atomic E-state index is 10.4. The minimum Gasteiger partial charge on any atom is -0.374 e. The molecular weight excluding hydrogens is 184 g/mol. The van der Waals surface area contributed by atoms with Gasteiger partial charge in [0.25, 0.3) is 0 Å². The Hall–Kier alpha value is -0.820. The lowest BCUT2D eigenvalue weighted by atomic mass is 10.8. The number of rotatable bonds is 2. The van der Waals surface area contributed by atoms with Crippen molar-refractivity contribution in [1.29, 1.82) is 0 Å². The van der Waals surface area contributed by atoms with Gasteiger partial charge in [-0.2, -0.15) is 0 Å². The number of hydrogen-bond donors (Lipinski definition) is 2. The van der Waals surface area contributed by atoms with Crippen LogP contribution in [0.15, 0.2) is 4.34 Å². The minimum atomic E-state index is -0.122. The van der Waals surface area contributed by atoms with E-state index in [1.165, 1.54) is 18.3 Å². The quantitative estimate of drug-likeness (QED) is 0.654. The molecule has 0 atom stereocenters. The fourth-order valence-corrected chi connectivity index (χ4v) is 1.58. The molecule has 7 heteroatoms. The van der Waals surface area contributed by atoms with Crippen molar-refractivity contribution in [2.24, 2.45) is 0 Å². The standard InChI is InChI=1S/C4H6N4OS2/c1-2(9)8-11-4-7-6-3(5)10-4/h1H3,(H2,5,6)(H,8,9). The van der Waals surface area contributed by atoms with Gasteiger partial charge in [-0.15, -0.1) is 10.2 Å². The predicted molar refractivity (Wildman–Crippen MR) is 44.0 cm³/mol. The second-order valence-electron chi connectivity index (χ2n) is 1.67. The highest BCUT2D eigenvalue weighted by Gasteiger charge is 2.01. The average molecular weight is 190 g/mol. The number of nitrogens with two attached hydrogens (primary N) is 1. The Morgan fingerprint density at radius 1 is 1.73 bits per heavy atom. The molecule has 5 nitrogen and oxygen atoms in total. The minimum absolute atomic E-state index is 0.122. The van der Waals surface area contributed by atoms with Crippen LogP contribution >= 0.6 is 23.3 Å². The van der Waals surface area contributed by atoms with E-state index in [-0.39, 0.29) is 5.91 Å². The van der Waals surface area contributed by atoms with Crippen molar-refractivity contribution in [3.63, 3.8) is 0 Å². The number of anilines is 1. The van der Waals surface area contributed by atoms with Gasteiger partial charge in [-0.25, -0.2) is 0 Å². The first kappa shape index (κ1) is 8.28. The highest BCUT2D eigenvalue weighted by Crippen LogP contribution is 2.20. The maximum Gasteiger partial charge on any atom is 0.227 e. The van der Waals surface area contributed by atoms with Crippen LogP contribution in [0.1, 0.15) is 6.92 Å². The molecule has 1 aromatic heterocycles. The highest BCUT2D eigenvalue weighted by atomic mass is 32.2. The SMILES string of the molecule is CC(=O)NSc1nnc(N)s1. The summed E-state index contributed by atoms with van der Waals surface area (Å²) in [6, 6.07) is 0. The van der Waals surface area contributed by atoms with Gasteiger partial charge in [0.15, 0.2) is 4.34 Å². The van der Waals surface area contributed by atoms with Crippen LogP contribution in [0.4, 0.5) is 5.13 Å². The molecule has 0 aliphatic heterocycles. The Bertz CT molecular complexity index is 260. The summed E-state index contributed by atoms with van der Waals surface area (Å²) in [7, 11) is 0. The van der Waals surface area contributed by atoms with Crippen LogP contribution in [0.2, 0.25) is 0 Å². The summed E-state index contributed by atoms with van der Waals surface area (Å²) in [4.78, 5) is 10.4. The van der Waals surface area contributed by atoms with Crippen molar-refractivity contribution < 1.29 is 4.79 Å². The third-order valence-corrected chi connectivity index (χ3v) is 2.40. The fraction of sp³-hybridized carbons (Fsp3) is 0.250. The molecule has 3 N–H and O–H groups in total. The molecule has 1 amide bonds. The number of nitrogens with zero attached hydrogens (tertiary/aromatic N) is 2. The van der Waals surface area contributed by atoms with Crippen molar-refractivity contribution in [2.75, 3.05) is 5.73 Å². The van der Waals surface area contributed by atoms with Gasteiger partial charge in [0.1, 0.15) is 0 Å². The van der Waals surface area contributed by atoms with E-state index in [0.29, 0.717) is 9.47 Å². The number of hydrogen-bond acceptors (Lipinski definition) is 6. The summed E-state index contributed by atoms with van der Waals surface area (Å²) in [5.74, 6) is -0.122. The maximum absolute atomic E-state index is 10.4. The van der Waals surface area contributed by atoms with Gasteiger partial charge in [-0.05, 0) is 0 Å². The van der Waals surface area contributed by atoms with Crippen molar-refractivity contribution in [3.8, 4) is 0 Å². The van der Waals surface area contributed by atoms with Gasteiger partial charge in [-0.3, -0.25) is 9.52 Å². The molecule has 0 bridgehead atoms. The Morgan fingerprint density at radius 3 is 2.91 bits per heavy atom. The first-order valence-corrected chi connectivity index (χ1v) is 4.34. The van der Waals surface area contributed by atoms with Gasteiger partial charge in [0, 0.05) is 18.9 Å². The van der Waals surface area contributed by atoms with Crippen LogP contribution in [-0.2, 0) is 4.79 Å². The predicted octanol–water partition coefficient (Wildman–Crippen LogP) is 0.264. The van der Waals surface area contributed by atoms with E-state index >= 15 is 0 Å². The average Bonchev–Trinajstić information content (AvgIpc) is 2.31. The number of aromatic nitrogens is 2. The molecule has 1 rings (SSSR count). The largest absolute Gasteiger partial charge is 0.374 e. The molecule has 60 valence electrons. The zero-order valence-corrected chi connectivity index (χ0v) is 7.33. The normalized spacial score (nSPS) is 9.55.